The van der Waals surface area contributed by atoms with Gasteiger partial charge < -0.3 is 20.5 Å². The van der Waals surface area contributed by atoms with Crippen LogP contribution >= 0.6 is 0 Å². The van der Waals surface area contributed by atoms with Crippen LogP contribution in [0.4, 0.5) is 0 Å². The molecule has 1 aromatic rings. The lowest BCUT2D eigenvalue weighted by Gasteiger charge is -2.36. The number of carbonyl (C=O) groups excluding carboxylic acids is 4. The summed E-state index contributed by atoms with van der Waals surface area (Å²) in [7, 11) is 0. The molecule has 9 nitrogen and oxygen atoms in total. The number of benzene rings is 1. The van der Waals surface area contributed by atoms with Crippen molar-refractivity contribution in [3.8, 4) is 0 Å². The van der Waals surface area contributed by atoms with Gasteiger partial charge in [0.2, 0.25) is 6.41 Å². The van der Waals surface area contributed by atoms with E-state index in [1.54, 1.807) is 12.1 Å². The molecule has 0 aliphatic carbocycles. The van der Waals surface area contributed by atoms with E-state index < -0.39 is 17.8 Å². The first kappa shape index (κ1) is 25.0. The van der Waals surface area contributed by atoms with Crippen LogP contribution in [0.15, 0.2) is 40.5 Å². The number of hydrogen-bond donors (Lipinski definition) is 2. The molecule has 0 saturated heterocycles. The van der Waals surface area contributed by atoms with Crippen molar-refractivity contribution in [3.63, 3.8) is 0 Å². The molecule has 3 rings (SSSR count). The molecule has 1 unspecified atom stereocenters. The molecule has 2 atom stereocenters. The first-order chi connectivity index (χ1) is 16.2. The molecular formula is C25H29N3O6. The number of Topliss-reactive ketones (excluding diaryl/α,β-unsaturated/α-hetero) is 2. The molecule has 2 heterocycles. The van der Waals surface area contributed by atoms with Gasteiger partial charge in [-0.25, -0.2) is 0 Å². The largest absolute Gasteiger partial charge is 0.481 e. The minimum absolute atomic E-state index is 0.105. The Morgan fingerprint density at radius 2 is 1.97 bits per heavy atom. The Bertz CT molecular complexity index is 1060. The minimum Gasteiger partial charge on any atom is -0.481 e. The van der Waals surface area contributed by atoms with Crippen LogP contribution in [-0.2, 0) is 25.6 Å². The van der Waals surface area contributed by atoms with Crippen molar-refractivity contribution in [2.24, 2.45) is 16.6 Å². The Morgan fingerprint density at radius 1 is 1.26 bits per heavy atom. The zero-order valence-corrected chi connectivity index (χ0v) is 19.2. The summed E-state index contributed by atoms with van der Waals surface area (Å²) < 4.78 is 0. The van der Waals surface area contributed by atoms with Crippen LogP contribution in [0.25, 0.3) is 0 Å². The Hall–Kier alpha value is -3.62. The van der Waals surface area contributed by atoms with E-state index >= 15 is 0 Å². The summed E-state index contributed by atoms with van der Waals surface area (Å²) in [5.74, 6) is -2.55. The molecule has 2 aliphatic rings. The highest BCUT2D eigenvalue weighted by Gasteiger charge is 2.34. The van der Waals surface area contributed by atoms with E-state index in [1.165, 1.54) is 11.8 Å². The second kappa shape index (κ2) is 11.0. The number of aryl methyl sites for hydroxylation is 1. The summed E-state index contributed by atoms with van der Waals surface area (Å²) in [5, 5.41) is 9.33. The van der Waals surface area contributed by atoms with E-state index in [2.05, 4.69) is 4.99 Å². The Balaban J connectivity index is 1.59. The third-order valence-electron chi connectivity index (χ3n) is 6.39. The highest BCUT2D eigenvalue weighted by Crippen LogP contribution is 2.33. The third kappa shape index (κ3) is 6.03. The predicted molar refractivity (Wildman–Crippen MR) is 124 cm³/mol. The molecule has 9 heteroatoms. The molecule has 0 saturated carbocycles. The SMILES string of the molecule is CC(=O)CC[C@H](CC(=O)c1ccc(CCC2CCC3=C(C(=O)N=C(N)C3)N2C=O)cc1)C(=O)O. The molecule has 3 N–H and O–H groups in total. The summed E-state index contributed by atoms with van der Waals surface area (Å²) in [6, 6.07) is 6.83. The van der Waals surface area contributed by atoms with E-state index in [0.717, 1.165) is 17.6 Å². The number of dihydropyridines is 1. The number of hydrogen-bond acceptors (Lipinski definition) is 6. The summed E-state index contributed by atoms with van der Waals surface area (Å²) in [5.41, 5.74) is 8.29. The van der Waals surface area contributed by atoms with Crippen LogP contribution in [0.5, 0.6) is 0 Å². The van der Waals surface area contributed by atoms with Crippen LogP contribution in [0.1, 0.15) is 67.8 Å². The normalized spacial score (nSPS) is 18.7. The van der Waals surface area contributed by atoms with Gasteiger partial charge in [0, 0.05) is 30.9 Å². The van der Waals surface area contributed by atoms with Gasteiger partial charge in [-0.1, -0.05) is 24.3 Å². The van der Waals surface area contributed by atoms with E-state index in [1.807, 2.05) is 12.1 Å². The van der Waals surface area contributed by atoms with Crippen molar-refractivity contribution in [2.75, 3.05) is 0 Å². The van der Waals surface area contributed by atoms with E-state index in [9.17, 15) is 29.1 Å². The summed E-state index contributed by atoms with van der Waals surface area (Å²) in [6.07, 6.45) is 3.90. The Morgan fingerprint density at radius 3 is 2.59 bits per heavy atom. The molecule has 180 valence electrons. The van der Waals surface area contributed by atoms with Crippen LogP contribution in [-0.4, -0.2) is 51.7 Å². The molecule has 2 aliphatic heterocycles. The first-order valence-electron chi connectivity index (χ1n) is 11.4. The number of carboxylic acid groups (broad SMARTS) is 1. The molecule has 0 bridgehead atoms. The second-order valence-corrected chi connectivity index (χ2v) is 8.88. The van der Waals surface area contributed by atoms with Crippen LogP contribution in [0, 0.1) is 5.92 Å². The maximum Gasteiger partial charge on any atom is 0.306 e. The molecule has 0 aromatic heterocycles. The zero-order valence-electron chi connectivity index (χ0n) is 19.2. The number of nitrogens with two attached hydrogens (primary N) is 1. The fourth-order valence-corrected chi connectivity index (χ4v) is 4.48. The predicted octanol–water partition coefficient (Wildman–Crippen LogP) is 2.42. The fourth-order valence-electron chi connectivity index (χ4n) is 4.48. The zero-order chi connectivity index (χ0) is 24.8. The molecule has 0 radical (unpaired) electrons. The highest BCUT2D eigenvalue weighted by molar-refractivity contribution is 6.07. The maximum atomic E-state index is 12.5. The van der Waals surface area contributed by atoms with Gasteiger partial charge in [0.1, 0.15) is 17.3 Å². The highest BCUT2D eigenvalue weighted by atomic mass is 16.4. The monoisotopic (exact) mass is 467 g/mol. The topological polar surface area (TPSA) is 147 Å². The van der Waals surface area contributed by atoms with Gasteiger partial charge in [-0.15, -0.1) is 0 Å². The molecule has 0 fully saturated rings. The van der Waals surface area contributed by atoms with Crippen molar-refractivity contribution >= 4 is 35.7 Å². The number of ketones is 2. The quantitative estimate of drug-likeness (QED) is 0.375. The fraction of sp³-hybridized carbons (Fsp3) is 0.440. The van der Waals surface area contributed by atoms with Gasteiger partial charge in [0.25, 0.3) is 5.91 Å². The van der Waals surface area contributed by atoms with Crippen LogP contribution < -0.4 is 5.73 Å². The number of carbonyl (C=O) groups is 5. The van der Waals surface area contributed by atoms with Gasteiger partial charge in [-0.05, 0) is 50.2 Å². The van der Waals surface area contributed by atoms with Gasteiger partial charge >= 0.3 is 5.97 Å². The number of rotatable bonds is 11. The summed E-state index contributed by atoms with van der Waals surface area (Å²) in [6.45, 7) is 1.40. The van der Waals surface area contributed by atoms with Crippen LogP contribution in [0.3, 0.4) is 0 Å². The number of carboxylic acids is 1. The van der Waals surface area contributed by atoms with Crippen molar-refractivity contribution in [2.45, 2.75) is 64.3 Å². The third-order valence-corrected chi connectivity index (χ3v) is 6.39. The average molecular weight is 468 g/mol. The number of nitrogens with zero attached hydrogens (tertiary/aromatic N) is 2. The van der Waals surface area contributed by atoms with E-state index in [-0.39, 0.29) is 42.7 Å². The summed E-state index contributed by atoms with van der Waals surface area (Å²) >= 11 is 0. The Kier molecular flexibility index (Phi) is 8.09. The van der Waals surface area contributed by atoms with E-state index in [0.29, 0.717) is 43.4 Å². The lowest BCUT2D eigenvalue weighted by atomic mass is 9.89. The molecule has 0 spiro atoms. The van der Waals surface area contributed by atoms with Crippen molar-refractivity contribution in [1.29, 1.82) is 0 Å². The minimum atomic E-state index is -1.08. The number of aliphatic carboxylic acids is 1. The van der Waals surface area contributed by atoms with Gasteiger partial charge in [0.05, 0.1) is 5.92 Å². The lowest BCUT2D eigenvalue weighted by Crippen LogP contribution is -2.42. The number of aliphatic imine (C=N–C) groups is 1. The summed E-state index contributed by atoms with van der Waals surface area (Å²) in [4.78, 5) is 64.5. The van der Waals surface area contributed by atoms with Crippen molar-refractivity contribution in [1.82, 2.24) is 4.90 Å². The standard InChI is InChI=1S/C25H29N3O6/c1-15(30)2-6-19(25(33)34)12-21(31)17-7-3-16(4-8-17)5-10-20-11-9-18-13-22(26)27-24(32)23(18)28(20)14-29/h3-4,7-8,14,19-20H,2,5-6,9-13H2,1H3,(H,33,34)(H2,26,27,32)/t19-,20?/m1/s1. The smallest absolute Gasteiger partial charge is 0.306 e. The van der Waals surface area contributed by atoms with Gasteiger partial charge in [0.15, 0.2) is 5.78 Å². The van der Waals surface area contributed by atoms with Crippen LogP contribution in [0.2, 0.25) is 0 Å². The van der Waals surface area contributed by atoms with Gasteiger partial charge in [-0.2, -0.15) is 4.99 Å². The lowest BCUT2D eigenvalue weighted by molar-refractivity contribution is -0.142. The number of amides is 2. The maximum absolute atomic E-state index is 12.5. The van der Waals surface area contributed by atoms with Gasteiger partial charge in [-0.3, -0.25) is 19.2 Å². The molecule has 1 aromatic carbocycles. The average Bonchev–Trinajstić information content (AvgIpc) is 2.79. The molecular weight excluding hydrogens is 438 g/mol. The van der Waals surface area contributed by atoms with Crippen molar-refractivity contribution in [3.05, 3.63) is 46.7 Å². The van der Waals surface area contributed by atoms with E-state index in [4.69, 9.17) is 5.73 Å². The molecule has 34 heavy (non-hydrogen) atoms. The Labute approximate surface area is 197 Å². The van der Waals surface area contributed by atoms with Crippen molar-refractivity contribution < 1.29 is 29.1 Å². The number of amidine groups is 1. The molecule has 2 amide bonds. The first-order valence-corrected chi connectivity index (χ1v) is 11.4. The second-order valence-electron chi connectivity index (χ2n) is 8.88.